The minimum Gasteiger partial charge on any atom is -0.480 e. The molecule has 1 saturated heterocycles. The Labute approximate surface area is 140 Å². The first kappa shape index (κ1) is 16.9. The lowest BCUT2D eigenvalue weighted by atomic mass is 9.93. The third-order valence-electron chi connectivity index (χ3n) is 4.63. The number of aliphatic carboxylic acids is 1. The zero-order chi connectivity index (χ0) is 17.3. The fourth-order valence-corrected chi connectivity index (χ4v) is 4.84. The minimum absolute atomic E-state index is 0.00514. The van der Waals surface area contributed by atoms with Gasteiger partial charge in [0, 0.05) is 32.5 Å². The second-order valence-corrected chi connectivity index (χ2v) is 8.26. The van der Waals surface area contributed by atoms with E-state index in [1.165, 1.54) is 9.21 Å². The van der Waals surface area contributed by atoms with Crippen molar-refractivity contribution in [3.63, 3.8) is 0 Å². The van der Waals surface area contributed by atoms with Gasteiger partial charge in [0.2, 0.25) is 15.9 Å². The summed E-state index contributed by atoms with van der Waals surface area (Å²) in [6.45, 7) is 0.797. The van der Waals surface area contributed by atoms with Gasteiger partial charge >= 0.3 is 5.97 Å². The summed E-state index contributed by atoms with van der Waals surface area (Å²) in [5.74, 6) is -1.23. The van der Waals surface area contributed by atoms with Gasteiger partial charge in [-0.1, -0.05) is 24.3 Å². The standard InChI is InChI=1S/C16H20N2O5S/c19-15(6-8-17-7-3-9-24(17,22)23)18-11-13-5-2-1-4-12(13)10-14(18)16(20)21/h1-2,4-5,14H,3,6-11H2,(H,20,21)/t14-/m1/s1. The maximum Gasteiger partial charge on any atom is 0.326 e. The molecule has 3 rings (SSSR count). The SMILES string of the molecule is O=C(O)[C@H]1Cc2ccccc2CN1C(=O)CCN1CCCS1(=O)=O. The molecule has 1 atom stereocenters. The van der Waals surface area contributed by atoms with E-state index in [1.54, 1.807) is 0 Å². The van der Waals surface area contributed by atoms with Gasteiger partial charge in [-0.25, -0.2) is 17.5 Å². The Morgan fingerprint density at radius 1 is 1.21 bits per heavy atom. The van der Waals surface area contributed by atoms with Crippen molar-refractivity contribution >= 4 is 21.9 Å². The number of carboxylic acids is 1. The molecule has 24 heavy (non-hydrogen) atoms. The van der Waals surface area contributed by atoms with E-state index in [1.807, 2.05) is 24.3 Å². The second-order valence-electron chi connectivity index (χ2n) is 6.17. The lowest BCUT2D eigenvalue weighted by Crippen LogP contribution is -2.49. The molecule has 130 valence electrons. The van der Waals surface area contributed by atoms with Gasteiger partial charge in [0.25, 0.3) is 0 Å². The summed E-state index contributed by atoms with van der Waals surface area (Å²) < 4.78 is 24.9. The molecular formula is C16H20N2O5S. The average molecular weight is 352 g/mol. The van der Waals surface area contributed by atoms with E-state index in [2.05, 4.69) is 0 Å². The first-order valence-electron chi connectivity index (χ1n) is 7.95. The van der Waals surface area contributed by atoms with Crippen molar-refractivity contribution in [3.8, 4) is 0 Å². The Bertz CT molecular complexity index is 761. The number of carboxylic acid groups (broad SMARTS) is 1. The van der Waals surface area contributed by atoms with Gasteiger partial charge in [0.15, 0.2) is 0 Å². The summed E-state index contributed by atoms with van der Waals surface area (Å²) in [5.41, 5.74) is 1.88. The quantitative estimate of drug-likeness (QED) is 0.849. The molecule has 0 aromatic heterocycles. The number of hydrogen-bond acceptors (Lipinski definition) is 4. The molecule has 2 aliphatic rings. The minimum atomic E-state index is -3.25. The number of fused-ring (bicyclic) bond motifs is 1. The van der Waals surface area contributed by atoms with Crippen LogP contribution < -0.4 is 0 Å². The molecule has 1 amide bonds. The third-order valence-corrected chi connectivity index (χ3v) is 6.59. The fourth-order valence-electron chi connectivity index (χ4n) is 3.31. The average Bonchev–Trinajstić information content (AvgIpc) is 2.89. The van der Waals surface area contributed by atoms with Crippen LogP contribution >= 0.6 is 0 Å². The molecule has 1 N–H and O–H groups in total. The highest BCUT2D eigenvalue weighted by atomic mass is 32.2. The van der Waals surface area contributed by atoms with E-state index in [4.69, 9.17) is 0 Å². The van der Waals surface area contributed by atoms with E-state index < -0.39 is 22.0 Å². The van der Waals surface area contributed by atoms with E-state index in [0.717, 1.165) is 11.1 Å². The number of sulfonamides is 1. The zero-order valence-electron chi connectivity index (χ0n) is 13.2. The number of carbonyl (C=O) groups excluding carboxylic acids is 1. The normalized spacial score (nSPS) is 23.0. The molecule has 0 unspecified atom stereocenters. The monoisotopic (exact) mass is 352 g/mol. The predicted octanol–water partition coefficient (Wildman–Crippen LogP) is 0.450. The van der Waals surface area contributed by atoms with Gasteiger partial charge in [-0.2, -0.15) is 0 Å². The van der Waals surface area contributed by atoms with Crippen molar-refractivity contribution in [1.82, 2.24) is 9.21 Å². The van der Waals surface area contributed by atoms with Crippen molar-refractivity contribution in [2.45, 2.75) is 31.8 Å². The zero-order valence-corrected chi connectivity index (χ0v) is 14.0. The van der Waals surface area contributed by atoms with Crippen LogP contribution in [0.15, 0.2) is 24.3 Å². The van der Waals surface area contributed by atoms with Crippen LogP contribution in [0.4, 0.5) is 0 Å². The summed E-state index contributed by atoms with van der Waals surface area (Å²) in [5, 5.41) is 9.45. The summed E-state index contributed by atoms with van der Waals surface area (Å²) in [6.07, 6.45) is 0.857. The van der Waals surface area contributed by atoms with Gasteiger partial charge < -0.3 is 10.0 Å². The van der Waals surface area contributed by atoms with Gasteiger partial charge in [0.1, 0.15) is 6.04 Å². The molecule has 2 aliphatic heterocycles. The predicted molar refractivity (Wildman–Crippen MR) is 86.7 cm³/mol. The molecule has 1 aromatic rings. The van der Waals surface area contributed by atoms with Gasteiger partial charge in [-0.3, -0.25) is 4.79 Å². The van der Waals surface area contributed by atoms with E-state index in [9.17, 15) is 23.1 Å². The molecule has 1 aromatic carbocycles. The molecule has 1 fully saturated rings. The van der Waals surface area contributed by atoms with E-state index in [0.29, 0.717) is 13.0 Å². The van der Waals surface area contributed by atoms with Crippen LogP contribution in [0, 0.1) is 0 Å². The number of amides is 1. The van der Waals surface area contributed by atoms with Crippen LogP contribution in [-0.2, 0) is 32.6 Å². The van der Waals surface area contributed by atoms with Crippen molar-refractivity contribution in [2.75, 3.05) is 18.8 Å². The number of carbonyl (C=O) groups is 2. The molecule has 0 bridgehead atoms. The smallest absolute Gasteiger partial charge is 0.326 e. The lowest BCUT2D eigenvalue weighted by Gasteiger charge is -2.34. The summed E-state index contributed by atoms with van der Waals surface area (Å²) >= 11 is 0. The highest BCUT2D eigenvalue weighted by Gasteiger charge is 2.35. The highest BCUT2D eigenvalue weighted by molar-refractivity contribution is 7.89. The Hall–Kier alpha value is -1.93. The molecule has 0 saturated carbocycles. The van der Waals surface area contributed by atoms with E-state index in [-0.39, 0.29) is 37.6 Å². The first-order chi connectivity index (χ1) is 11.4. The summed E-state index contributed by atoms with van der Waals surface area (Å²) in [4.78, 5) is 25.4. The number of nitrogens with zero attached hydrogens (tertiary/aromatic N) is 2. The van der Waals surface area contributed by atoms with Crippen molar-refractivity contribution in [1.29, 1.82) is 0 Å². The van der Waals surface area contributed by atoms with Crippen LogP contribution in [0.5, 0.6) is 0 Å². The Morgan fingerprint density at radius 2 is 1.92 bits per heavy atom. The summed E-state index contributed by atoms with van der Waals surface area (Å²) in [7, 11) is -3.25. The maximum atomic E-state index is 12.5. The van der Waals surface area contributed by atoms with Gasteiger partial charge in [-0.15, -0.1) is 0 Å². The molecule has 8 heteroatoms. The van der Waals surface area contributed by atoms with Crippen molar-refractivity contribution in [2.24, 2.45) is 0 Å². The van der Waals surface area contributed by atoms with Crippen molar-refractivity contribution in [3.05, 3.63) is 35.4 Å². The van der Waals surface area contributed by atoms with Crippen LogP contribution in [0.25, 0.3) is 0 Å². The van der Waals surface area contributed by atoms with Crippen LogP contribution in [0.3, 0.4) is 0 Å². The molecule has 7 nitrogen and oxygen atoms in total. The maximum absolute atomic E-state index is 12.5. The second kappa shape index (κ2) is 6.52. The highest BCUT2D eigenvalue weighted by Crippen LogP contribution is 2.24. The van der Waals surface area contributed by atoms with Crippen molar-refractivity contribution < 1.29 is 23.1 Å². The summed E-state index contributed by atoms with van der Waals surface area (Å²) in [6, 6.07) is 6.58. The molecule has 0 spiro atoms. The number of rotatable bonds is 4. The van der Waals surface area contributed by atoms with E-state index >= 15 is 0 Å². The Morgan fingerprint density at radius 3 is 2.54 bits per heavy atom. The van der Waals surface area contributed by atoms with Gasteiger partial charge in [-0.05, 0) is 17.5 Å². The molecule has 0 aliphatic carbocycles. The molecular weight excluding hydrogens is 332 g/mol. The largest absolute Gasteiger partial charge is 0.480 e. The Kier molecular flexibility index (Phi) is 4.60. The van der Waals surface area contributed by atoms with Crippen LogP contribution in [0.1, 0.15) is 24.0 Å². The van der Waals surface area contributed by atoms with Crippen LogP contribution in [0.2, 0.25) is 0 Å². The molecule has 0 radical (unpaired) electrons. The topological polar surface area (TPSA) is 95.0 Å². The van der Waals surface area contributed by atoms with Gasteiger partial charge in [0.05, 0.1) is 5.75 Å². The first-order valence-corrected chi connectivity index (χ1v) is 9.56. The number of hydrogen-bond donors (Lipinski definition) is 1. The lowest BCUT2D eigenvalue weighted by molar-refractivity contribution is -0.151. The third kappa shape index (κ3) is 3.29. The van der Waals surface area contributed by atoms with Crippen LogP contribution in [-0.4, -0.2) is 59.5 Å². The molecule has 2 heterocycles. The fraction of sp³-hybridized carbons (Fsp3) is 0.500. The Balaban J connectivity index is 1.72. The number of benzene rings is 1.